The number of hydrogen-bond donors (Lipinski definition) is 1. The summed E-state index contributed by atoms with van der Waals surface area (Å²) >= 11 is 9.19. The van der Waals surface area contributed by atoms with Crippen molar-refractivity contribution in [3.05, 3.63) is 16.0 Å². The molecule has 0 fully saturated rings. The van der Waals surface area contributed by atoms with Crippen LogP contribution < -0.4 is 5.32 Å². The van der Waals surface area contributed by atoms with Crippen LogP contribution in [-0.4, -0.2) is 29.2 Å². The highest BCUT2D eigenvalue weighted by Crippen LogP contribution is 2.25. The van der Waals surface area contributed by atoms with Crippen LogP contribution in [-0.2, 0) is 4.74 Å². The highest BCUT2D eigenvalue weighted by atomic mass is 79.9. The number of anilines is 1. The van der Waals surface area contributed by atoms with Gasteiger partial charge in [-0.25, -0.2) is 9.97 Å². The second kappa shape index (κ2) is 7.84. The SMILES string of the molecule is CC(C)OCCCCNc1ncnc(Cl)c1Br. The van der Waals surface area contributed by atoms with E-state index in [1.807, 2.05) is 13.8 Å². The van der Waals surface area contributed by atoms with Crippen molar-refractivity contribution in [2.24, 2.45) is 0 Å². The van der Waals surface area contributed by atoms with Gasteiger partial charge >= 0.3 is 0 Å². The third kappa shape index (κ3) is 5.66. The number of nitrogens with zero attached hydrogens (tertiary/aromatic N) is 2. The molecule has 1 rings (SSSR count). The van der Waals surface area contributed by atoms with Crippen molar-refractivity contribution in [2.45, 2.75) is 32.8 Å². The Morgan fingerprint density at radius 3 is 2.88 bits per heavy atom. The zero-order valence-electron chi connectivity index (χ0n) is 10.0. The number of nitrogens with one attached hydrogen (secondary N) is 1. The number of unbranched alkanes of at least 4 members (excludes halogenated alkanes) is 1. The number of halogens is 2. The summed E-state index contributed by atoms with van der Waals surface area (Å²) in [5.74, 6) is 0.731. The molecule has 0 saturated carbocycles. The van der Waals surface area contributed by atoms with Crippen LogP contribution in [0.5, 0.6) is 0 Å². The molecule has 0 aliphatic heterocycles. The van der Waals surface area contributed by atoms with Crippen molar-refractivity contribution in [2.75, 3.05) is 18.5 Å². The van der Waals surface area contributed by atoms with E-state index < -0.39 is 0 Å². The van der Waals surface area contributed by atoms with E-state index in [2.05, 4.69) is 31.2 Å². The van der Waals surface area contributed by atoms with Gasteiger partial charge in [0.1, 0.15) is 17.3 Å². The average molecular weight is 323 g/mol. The van der Waals surface area contributed by atoms with Gasteiger partial charge in [-0.3, -0.25) is 0 Å². The van der Waals surface area contributed by atoms with Crippen LogP contribution >= 0.6 is 27.5 Å². The van der Waals surface area contributed by atoms with Gasteiger partial charge in [0.2, 0.25) is 0 Å². The summed E-state index contributed by atoms with van der Waals surface area (Å²) in [6, 6.07) is 0. The van der Waals surface area contributed by atoms with Gasteiger partial charge in [-0.15, -0.1) is 0 Å². The van der Waals surface area contributed by atoms with Crippen LogP contribution in [0.4, 0.5) is 5.82 Å². The monoisotopic (exact) mass is 321 g/mol. The lowest BCUT2D eigenvalue weighted by atomic mass is 10.3. The molecule has 1 N–H and O–H groups in total. The predicted octanol–water partition coefficient (Wildman–Crippen LogP) is 3.51. The first-order chi connectivity index (χ1) is 8.11. The summed E-state index contributed by atoms with van der Waals surface area (Å²) in [7, 11) is 0. The molecular weight excluding hydrogens is 305 g/mol. The maximum absolute atomic E-state index is 5.85. The predicted molar refractivity (Wildman–Crippen MR) is 73.6 cm³/mol. The Morgan fingerprint density at radius 1 is 1.41 bits per heavy atom. The van der Waals surface area contributed by atoms with Crippen LogP contribution in [0.1, 0.15) is 26.7 Å². The molecule has 96 valence electrons. The highest BCUT2D eigenvalue weighted by Gasteiger charge is 2.05. The second-order valence-electron chi connectivity index (χ2n) is 3.88. The van der Waals surface area contributed by atoms with E-state index in [1.165, 1.54) is 6.33 Å². The normalized spacial score (nSPS) is 10.9. The second-order valence-corrected chi connectivity index (χ2v) is 5.03. The lowest BCUT2D eigenvalue weighted by Gasteiger charge is -2.09. The first kappa shape index (κ1) is 14.7. The third-order valence-electron chi connectivity index (χ3n) is 2.06. The van der Waals surface area contributed by atoms with Gasteiger partial charge in [0.25, 0.3) is 0 Å². The van der Waals surface area contributed by atoms with Gasteiger partial charge in [0, 0.05) is 13.2 Å². The summed E-state index contributed by atoms with van der Waals surface area (Å²) in [5, 5.41) is 3.63. The van der Waals surface area contributed by atoms with Gasteiger partial charge in [-0.05, 0) is 42.6 Å². The topological polar surface area (TPSA) is 47.0 Å². The molecule has 17 heavy (non-hydrogen) atoms. The van der Waals surface area contributed by atoms with Crippen molar-refractivity contribution >= 4 is 33.3 Å². The van der Waals surface area contributed by atoms with E-state index in [0.29, 0.717) is 15.7 Å². The van der Waals surface area contributed by atoms with Gasteiger partial charge in [0.05, 0.1) is 10.6 Å². The van der Waals surface area contributed by atoms with Crippen LogP contribution in [0.25, 0.3) is 0 Å². The number of rotatable bonds is 7. The third-order valence-corrected chi connectivity index (χ3v) is 3.33. The van der Waals surface area contributed by atoms with Crippen molar-refractivity contribution in [3.8, 4) is 0 Å². The molecule has 1 aromatic heterocycles. The Kier molecular flexibility index (Phi) is 6.77. The number of hydrogen-bond acceptors (Lipinski definition) is 4. The van der Waals surface area contributed by atoms with Gasteiger partial charge < -0.3 is 10.1 Å². The zero-order valence-corrected chi connectivity index (χ0v) is 12.4. The molecule has 1 heterocycles. The van der Waals surface area contributed by atoms with Crippen molar-refractivity contribution in [1.29, 1.82) is 0 Å². The van der Waals surface area contributed by atoms with Crippen molar-refractivity contribution in [1.82, 2.24) is 9.97 Å². The lowest BCUT2D eigenvalue weighted by molar-refractivity contribution is 0.0765. The molecule has 0 aliphatic carbocycles. The van der Waals surface area contributed by atoms with Gasteiger partial charge in [0.15, 0.2) is 0 Å². The maximum Gasteiger partial charge on any atom is 0.148 e. The van der Waals surface area contributed by atoms with Gasteiger partial charge in [-0.2, -0.15) is 0 Å². The molecule has 0 atom stereocenters. The lowest BCUT2D eigenvalue weighted by Crippen LogP contribution is -2.08. The standard InChI is InChI=1S/C11H17BrClN3O/c1-8(2)17-6-4-3-5-14-11-9(12)10(13)15-7-16-11/h7-8H,3-6H2,1-2H3,(H,14,15,16). The average Bonchev–Trinajstić information content (AvgIpc) is 2.28. The molecule has 4 nitrogen and oxygen atoms in total. The maximum atomic E-state index is 5.85. The minimum atomic E-state index is 0.303. The van der Waals surface area contributed by atoms with Crippen LogP contribution in [0, 0.1) is 0 Å². The summed E-state index contributed by atoms with van der Waals surface area (Å²) in [4.78, 5) is 7.96. The molecule has 0 unspecified atom stereocenters. The van der Waals surface area contributed by atoms with Crippen LogP contribution in [0.3, 0.4) is 0 Å². The van der Waals surface area contributed by atoms with E-state index in [0.717, 1.165) is 31.8 Å². The molecule has 0 amide bonds. The smallest absolute Gasteiger partial charge is 0.148 e. The Bertz CT molecular complexity index is 349. The highest BCUT2D eigenvalue weighted by molar-refractivity contribution is 9.10. The molecule has 0 bridgehead atoms. The molecule has 1 aromatic rings. The van der Waals surface area contributed by atoms with E-state index >= 15 is 0 Å². The fourth-order valence-corrected chi connectivity index (χ4v) is 1.70. The minimum absolute atomic E-state index is 0.303. The Morgan fingerprint density at radius 2 is 2.18 bits per heavy atom. The molecule has 0 radical (unpaired) electrons. The number of ether oxygens (including phenoxy) is 1. The summed E-state index contributed by atoms with van der Waals surface area (Å²) in [6.07, 6.45) is 3.80. The quantitative estimate of drug-likeness (QED) is 0.616. The Labute approximate surface area is 115 Å². The Balaban J connectivity index is 2.20. The molecule has 0 aliphatic rings. The summed E-state index contributed by atoms with van der Waals surface area (Å²) in [5.41, 5.74) is 0. The molecular formula is C11H17BrClN3O. The van der Waals surface area contributed by atoms with E-state index in [-0.39, 0.29) is 0 Å². The van der Waals surface area contributed by atoms with E-state index in [4.69, 9.17) is 16.3 Å². The molecule has 0 spiro atoms. The Hall–Kier alpha value is -0.390. The van der Waals surface area contributed by atoms with Crippen molar-refractivity contribution < 1.29 is 4.74 Å². The fourth-order valence-electron chi connectivity index (χ4n) is 1.22. The zero-order chi connectivity index (χ0) is 12.7. The summed E-state index contributed by atoms with van der Waals surface area (Å²) in [6.45, 7) is 5.72. The molecule has 0 saturated heterocycles. The van der Waals surface area contributed by atoms with Crippen LogP contribution in [0.2, 0.25) is 5.15 Å². The first-order valence-corrected chi connectivity index (χ1v) is 6.80. The van der Waals surface area contributed by atoms with E-state index in [1.54, 1.807) is 0 Å². The first-order valence-electron chi connectivity index (χ1n) is 5.62. The van der Waals surface area contributed by atoms with Gasteiger partial charge in [-0.1, -0.05) is 11.6 Å². The summed E-state index contributed by atoms with van der Waals surface area (Å²) < 4.78 is 6.16. The number of aromatic nitrogens is 2. The van der Waals surface area contributed by atoms with Crippen molar-refractivity contribution in [3.63, 3.8) is 0 Å². The molecule has 6 heteroatoms. The van der Waals surface area contributed by atoms with E-state index in [9.17, 15) is 0 Å². The van der Waals surface area contributed by atoms with Crippen LogP contribution in [0.15, 0.2) is 10.8 Å². The largest absolute Gasteiger partial charge is 0.379 e. The fraction of sp³-hybridized carbons (Fsp3) is 0.636. The minimum Gasteiger partial charge on any atom is -0.379 e. The molecule has 0 aromatic carbocycles.